The van der Waals surface area contributed by atoms with Gasteiger partial charge >= 0.3 is 5.97 Å². The molecule has 0 aromatic heterocycles. The highest BCUT2D eigenvalue weighted by Gasteiger charge is 2.15. The minimum absolute atomic E-state index is 0.109. The van der Waals surface area contributed by atoms with Crippen molar-refractivity contribution in [2.24, 2.45) is 5.92 Å². The van der Waals surface area contributed by atoms with Crippen LogP contribution in [0.3, 0.4) is 0 Å². The number of carbonyl (C=O) groups is 1. The smallest absolute Gasteiger partial charge is 0.306 e. The van der Waals surface area contributed by atoms with Crippen molar-refractivity contribution >= 4 is 5.97 Å². The van der Waals surface area contributed by atoms with E-state index in [0.29, 0.717) is 0 Å². The molecule has 0 saturated carbocycles. The van der Waals surface area contributed by atoms with Gasteiger partial charge in [-0.15, -0.1) is 0 Å². The molecule has 0 aliphatic carbocycles. The minimum atomic E-state index is -0.602. The fourth-order valence-electron chi connectivity index (χ4n) is 3.38. The van der Waals surface area contributed by atoms with Crippen molar-refractivity contribution in [3.63, 3.8) is 0 Å². The molecule has 1 unspecified atom stereocenters. The van der Waals surface area contributed by atoms with E-state index in [1.807, 2.05) is 0 Å². The van der Waals surface area contributed by atoms with Gasteiger partial charge in [0.1, 0.15) is 0 Å². The molecule has 0 heterocycles. The number of carboxylic acid groups (broad SMARTS) is 1. The Morgan fingerprint density at radius 3 is 1.64 bits per heavy atom. The molecule has 1 N–H and O–H groups in total. The van der Waals surface area contributed by atoms with Gasteiger partial charge in [0, 0.05) is 0 Å². The molecule has 0 fully saturated rings. The van der Waals surface area contributed by atoms with Crippen LogP contribution in [0.5, 0.6) is 0 Å². The molecule has 0 saturated heterocycles. The zero-order chi connectivity index (χ0) is 18.6. The van der Waals surface area contributed by atoms with Crippen LogP contribution in [0.1, 0.15) is 123 Å². The molecule has 0 amide bonds. The van der Waals surface area contributed by atoms with Crippen LogP contribution in [0.4, 0.5) is 0 Å². The van der Waals surface area contributed by atoms with Gasteiger partial charge in [0.15, 0.2) is 0 Å². The maximum Gasteiger partial charge on any atom is 0.306 e. The molecule has 2 nitrogen and oxygen atoms in total. The van der Waals surface area contributed by atoms with Gasteiger partial charge in [-0.2, -0.15) is 0 Å². The third kappa shape index (κ3) is 17.8. The molecule has 0 spiro atoms. The standard InChI is InChI=1S/C23H44O2/c1-3-5-6-7-8-9-10-11-12-13-14-15-16-17-18-19-21-22(20-4-2)23(24)25/h11-12,22H,3-10,13-21H2,1-2H3,(H,24,25)/b12-11-. The van der Waals surface area contributed by atoms with Crippen LogP contribution < -0.4 is 0 Å². The van der Waals surface area contributed by atoms with E-state index in [1.165, 1.54) is 83.5 Å². The summed E-state index contributed by atoms with van der Waals surface area (Å²) in [7, 11) is 0. The summed E-state index contributed by atoms with van der Waals surface area (Å²) in [6.07, 6.45) is 25.7. The van der Waals surface area contributed by atoms with E-state index in [-0.39, 0.29) is 5.92 Å². The summed E-state index contributed by atoms with van der Waals surface area (Å²) in [6.45, 7) is 4.34. The number of hydrogen-bond acceptors (Lipinski definition) is 1. The highest BCUT2D eigenvalue weighted by atomic mass is 16.4. The lowest BCUT2D eigenvalue weighted by Crippen LogP contribution is -2.13. The van der Waals surface area contributed by atoms with Crippen molar-refractivity contribution in [1.29, 1.82) is 0 Å². The van der Waals surface area contributed by atoms with Gasteiger partial charge in [0.05, 0.1) is 5.92 Å². The molecule has 0 aromatic carbocycles. The highest BCUT2D eigenvalue weighted by Crippen LogP contribution is 2.17. The monoisotopic (exact) mass is 352 g/mol. The first-order valence-corrected chi connectivity index (χ1v) is 11.1. The largest absolute Gasteiger partial charge is 0.481 e. The lowest BCUT2D eigenvalue weighted by Gasteiger charge is -2.10. The van der Waals surface area contributed by atoms with Crippen LogP contribution in [0.2, 0.25) is 0 Å². The number of unbranched alkanes of at least 4 members (excludes halogenated alkanes) is 12. The molecular formula is C23H44O2. The van der Waals surface area contributed by atoms with Gasteiger partial charge < -0.3 is 5.11 Å². The van der Waals surface area contributed by atoms with E-state index in [9.17, 15) is 4.79 Å². The van der Waals surface area contributed by atoms with E-state index < -0.39 is 5.97 Å². The number of carboxylic acids is 1. The highest BCUT2D eigenvalue weighted by molar-refractivity contribution is 5.69. The molecule has 0 aliphatic heterocycles. The van der Waals surface area contributed by atoms with Gasteiger partial charge in [-0.1, -0.05) is 96.6 Å². The summed E-state index contributed by atoms with van der Waals surface area (Å²) >= 11 is 0. The van der Waals surface area contributed by atoms with Gasteiger partial charge in [-0.3, -0.25) is 4.79 Å². The van der Waals surface area contributed by atoms with Crippen LogP contribution in [0.25, 0.3) is 0 Å². The van der Waals surface area contributed by atoms with Crippen molar-refractivity contribution < 1.29 is 9.90 Å². The molecule has 0 aliphatic rings. The topological polar surface area (TPSA) is 37.3 Å². The Morgan fingerprint density at radius 2 is 1.16 bits per heavy atom. The number of aliphatic carboxylic acids is 1. The fourth-order valence-corrected chi connectivity index (χ4v) is 3.38. The number of rotatable bonds is 19. The summed E-state index contributed by atoms with van der Waals surface area (Å²) in [5, 5.41) is 9.12. The lowest BCUT2D eigenvalue weighted by atomic mass is 9.96. The maximum absolute atomic E-state index is 11.1. The van der Waals surface area contributed by atoms with Crippen molar-refractivity contribution in [2.75, 3.05) is 0 Å². The maximum atomic E-state index is 11.1. The summed E-state index contributed by atoms with van der Waals surface area (Å²) in [5.74, 6) is -0.712. The average molecular weight is 353 g/mol. The molecule has 148 valence electrons. The third-order valence-electron chi connectivity index (χ3n) is 5.05. The molecule has 25 heavy (non-hydrogen) atoms. The molecule has 0 bridgehead atoms. The Morgan fingerprint density at radius 1 is 0.680 bits per heavy atom. The Hall–Kier alpha value is -0.790. The quantitative estimate of drug-likeness (QED) is 0.189. The second-order valence-corrected chi connectivity index (χ2v) is 7.55. The first kappa shape index (κ1) is 24.2. The number of allylic oxidation sites excluding steroid dienone is 2. The molecule has 0 radical (unpaired) electrons. The van der Waals surface area contributed by atoms with Gasteiger partial charge in [-0.25, -0.2) is 0 Å². The van der Waals surface area contributed by atoms with Crippen LogP contribution in [0, 0.1) is 5.92 Å². The average Bonchev–Trinajstić information content (AvgIpc) is 2.60. The molecule has 1 atom stereocenters. The Bertz CT molecular complexity index is 309. The third-order valence-corrected chi connectivity index (χ3v) is 5.05. The van der Waals surface area contributed by atoms with Gasteiger partial charge in [-0.05, 0) is 38.5 Å². The first-order valence-electron chi connectivity index (χ1n) is 11.1. The summed E-state index contributed by atoms with van der Waals surface area (Å²) in [6, 6.07) is 0. The van der Waals surface area contributed by atoms with Crippen LogP contribution in [-0.2, 0) is 4.79 Å². The van der Waals surface area contributed by atoms with Crippen molar-refractivity contribution in [2.45, 2.75) is 123 Å². The number of hydrogen-bond donors (Lipinski definition) is 1. The van der Waals surface area contributed by atoms with Crippen molar-refractivity contribution in [3.8, 4) is 0 Å². The Kier molecular flexibility index (Phi) is 18.9. The minimum Gasteiger partial charge on any atom is -0.481 e. The normalized spacial score (nSPS) is 12.7. The summed E-state index contributed by atoms with van der Waals surface area (Å²) in [4.78, 5) is 11.1. The van der Waals surface area contributed by atoms with Gasteiger partial charge in [0.25, 0.3) is 0 Å². The zero-order valence-electron chi connectivity index (χ0n) is 17.1. The van der Waals surface area contributed by atoms with Crippen LogP contribution in [-0.4, -0.2) is 11.1 Å². The SMILES string of the molecule is CCCCCCCC/C=C\CCCCCCCCC(CCC)C(=O)O. The second-order valence-electron chi connectivity index (χ2n) is 7.55. The van der Waals surface area contributed by atoms with E-state index in [1.54, 1.807) is 0 Å². The summed E-state index contributed by atoms with van der Waals surface area (Å²) in [5.41, 5.74) is 0. The predicted octanol–water partition coefficient (Wildman–Crippen LogP) is 7.91. The Balaban J connectivity index is 3.27. The molecule has 0 aromatic rings. The first-order chi connectivity index (χ1) is 12.2. The van der Waals surface area contributed by atoms with E-state index in [0.717, 1.165) is 25.7 Å². The summed E-state index contributed by atoms with van der Waals surface area (Å²) < 4.78 is 0. The lowest BCUT2D eigenvalue weighted by molar-refractivity contribution is -0.142. The van der Waals surface area contributed by atoms with E-state index >= 15 is 0 Å². The molecular weight excluding hydrogens is 308 g/mol. The van der Waals surface area contributed by atoms with Gasteiger partial charge in [0.2, 0.25) is 0 Å². The van der Waals surface area contributed by atoms with Crippen molar-refractivity contribution in [3.05, 3.63) is 12.2 Å². The molecule has 0 rings (SSSR count). The van der Waals surface area contributed by atoms with E-state index in [4.69, 9.17) is 5.11 Å². The predicted molar refractivity (Wildman–Crippen MR) is 110 cm³/mol. The molecule has 2 heteroatoms. The zero-order valence-corrected chi connectivity index (χ0v) is 17.1. The van der Waals surface area contributed by atoms with Crippen molar-refractivity contribution in [1.82, 2.24) is 0 Å². The van der Waals surface area contributed by atoms with Crippen LogP contribution >= 0.6 is 0 Å². The van der Waals surface area contributed by atoms with Crippen LogP contribution in [0.15, 0.2) is 12.2 Å². The fraction of sp³-hybridized carbons (Fsp3) is 0.870. The Labute approximate surface area is 157 Å². The second kappa shape index (κ2) is 19.5. The van der Waals surface area contributed by atoms with E-state index in [2.05, 4.69) is 26.0 Å².